The van der Waals surface area contributed by atoms with Crippen molar-refractivity contribution in [3.05, 3.63) is 35.1 Å². The van der Waals surface area contributed by atoms with Gasteiger partial charge in [-0.25, -0.2) is 4.98 Å². The Morgan fingerprint density at radius 1 is 1.73 bits per heavy atom. The van der Waals surface area contributed by atoms with Gasteiger partial charge >= 0.3 is 0 Å². The first kappa shape index (κ1) is 11.4. The summed E-state index contributed by atoms with van der Waals surface area (Å²) in [5, 5.41) is 11.9. The van der Waals surface area contributed by atoms with Crippen molar-refractivity contribution in [3.63, 3.8) is 0 Å². The summed E-state index contributed by atoms with van der Waals surface area (Å²) in [7, 11) is 0. The van der Waals surface area contributed by atoms with Crippen LogP contribution in [0.3, 0.4) is 0 Å². The van der Waals surface area contributed by atoms with E-state index >= 15 is 0 Å². The first-order valence-electron chi connectivity index (χ1n) is 3.92. The highest BCUT2D eigenvalue weighted by Gasteiger charge is 2.00. The van der Waals surface area contributed by atoms with Gasteiger partial charge in [0, 0.05) is 12.4 Å². The zero-order valence-corrected chi connectivity index (χ0v) is 9.14. The summed E-state index contributed by atoms with van der Waals surface area (Å²) >= 11 is 10.5. The lowest BCUT2D eigenvalue weighted by Gasteiger charge is -2.02. The Kier molecular flexibility index (Phi) is 4.03. The summed E-state index contributed by atoms with van der Waals surface area (Å²) in [5.74, 6) is 0.447. The summed E-state index contributed by atoms with van der Waals surface area (Å²) < 4.78 is 0. The lowest BCUT2D eigenvalue weighted by Crippen LogP contribution is -2.11. The molecule has 0 amide bonds. The van der Waals surface area contributed by atoms with Crippen LogP contribution in [0.15, 0.2) is 30.1 Å². The van der Waals surface area contributed by atoms with E-state index in [2.05, 4.69) is 22.5 Å². The molecule has 0 bridgehead atoms. The molecule has 0 aromatic carbocycles. The van der Waals surface area contributed by atoms with Crippen molar-refractivity contribution in [3.8, 4) is 6.07 Å². The van der Waals surface area contributed by atoms with E-state index in [1.54, 1.807) is 18.3 Å². The summed E-state index contributed by atoms with van der Waals surface area (Å²) in [6.07, 6.45) is 2.95. The number of nitrogens with one attached hydrogen (secondary N) is 1. The van der Waals surface area contributed by atoms with Gasteiger partial charge in [-0.2, -0.15) is 5.26 Å². The molecular weight excluding hydrogens is 232 g/mol. The van der Waals surface area contributed by atoms with Crippen LogP contribution in [0.2, 0.25) is 5.02 Å². The maximum Gasteiger partial charge on any atom is 0.148 e. The van der Waals surface area contributed by atoms with Crippen LogP contribution in [0.4, 0.5) is 5.82 Å². The topological polar surface area (TPSA) is 74.7 Å². The van der Waals surface area contributed by atoms with E-state index in [4.69, 9.17) is 22.6 Å². The zero-order chi connectivity index (χ0) is 11.3. The molecule has 0 aliphatic carbocycles. The molecule has 1 rings (SSSR count). The number of hydrogen-bond donors (Lipinski definition) is 2. The van der Waals surface area contributed by atoms with Crippen molar-refractivity contribution in [2.24, 2.45) is 5.73 Å². The molecule has 0 fully saturated rings. The van der Waals surface area contributed by atoms with E-state index in [1.165, 1.54) is 6.20 Å². The first-order chi connectivity index (χ1) is 7.15. The number of rotatable bonds is 3. The molecule has 4 nitrogen and oxygen atoms in total. The summed E-state index contributed by atoms with van der Waals surface area (Å²) in [4.78, 5) is 3.99. The van der Waals surface area contributed by atoms with Gasteiger partial charge in [0.2, 0.25) is 0 Å². The Morgan fingerprint density at radius 2 is 2.47 bits per heavy atom. The van der Waals surface area contributed by atoms with Crippen molar-refractivity contribution in [2.75, 3.05) is 5.32 Å². The van der Waals surface area contributed by atoms with Gasteiger partial charge in [-0.3, -0.25) is 0 Å². The van der Waals surface area contributed by atoms with Gasteiger partial charge in [-0.1, -0.05) is 23.8 Å². The van der Waals surface area contributed by atoms with Crippen LogP contribution in [0, 0.1) is 11.3 Å². The van der Waals surface area contributed by atoms with Crippen molar-refractivity contribution in [1.82, 2.24) is 4.98 Å². The number of nitrogens with two attached hydrogens (primary N) is 1. The number of hydrogen-bond acceptors (Lipinski definition) is 4. The van der Waals surface area contributed by atoms with Crippen LogP contribution in [0.25, 0.3) is 0 Å². The van der Waals surface area contributed by atoms with E-state index in [0.717, 1.165) is 0 Å². The molecule has 15 heavy (non-hydrogen) atoms. The number of pyridine rings is 1. The highest BCUT2D eigenvalue weighted by Crippen LogP contribution is 2.17. The van der Waals surface area contributed by atoms with Crippen LogP contribution in [0.5, 0.6) is 0 Å². The Hall–Kier alpha value is -1.64. The first-order valence-corrected chi connectivity index (χ1v) is 4.71. The molecular formula is C9H7ClN4S. The van der Waals surface area contributed by atoms with Gasteiger partial charge in [0.15, 0.2) is 0 Å². The van der Waals surface area contributed by atoms with Gasteiger partial charge in [-0.15, -0.1) is 0 Å². The average molecular weight is 239 g/mol. The van der Waals surface area contributed by atoms with Crippen molar-refractivity contribution in [1.29, 1.82) is 5.26 Å². The molecule has 6 heteroatoms. The van der Waals surface area contributed by atoms with Crippen molar-refractivity contribution in [2.45, 2.75) is 0 Å². The number of aromatic nitrogens is 1. The number of anilines is 1. The van der Waals surface area contributed by atoms with E-state index in [9.17, 15) is 0 Å². The highest BCUT2D eigenvalue weighted by molar-refractivity contribution is 7.80. The molecule has 1 aromatic rings. The fourth-order valence-corrected chi connectivity index (χ4v) is 1.07. The predicted molar refractivity (Wildman–Crippen MR) is 63.4 cm³/mol. The Bertz CT molecular complexity index is 450. The van der Waals surface area contributed by atoms with Gasteiger partial charge in [0.1, 0.15) is 22.4 Å². The summed E-state index contributed by atoms with van der Waals surface area (Å²) in [6, 6.07) is 5.24. The minimum atomic E-state index is 0.0250. The van der Waals surface area contributed by atoms with Gasteiger partial charge < -0.3 is 11.1 Å². The molecule has 0 aliphatic rings. The average Bonchev–Trinajstić information content (AvgIpc) is 2.21. The van der Waals surface area contributed by atoms with Crippen LogP contribution < -0.4 is 11.1 Å². The lowest BCUT2D eigenvalue weighted by molar-refractivity contribution is 1.31. The highest BCUT2D eigenvalue weighted by atomic mass is 35.5. The van der Waals surface area contributed by atoms with Crippen LogP contribution >= 0.6 is 23.8 Å². The SMILES string of the molecule is N#CC(=CNc1ncccc1Cl)C(N)=S. The molecule has 3 N–H and O–H groups in total. The van der Waals surface area contributed by atoms with E-state index < -0.39 is 0 Å². The fraction of sp³-hybridized carbons (Fsp3) is 0. The van der Waals surface area contributed by atoms with E-state index in [-0.39, 0.29) is 10.6 Å². The monoisotopic (exact) mass is 238 g/mol. The molecule has 0 radical (unpaired) electrons. The number of nitriles is 1. The van der Waals surface area contributed by atoms with Crippen molar-refractivity contribution < 1.29 is 0 Å². The molecule has 1 aromatic heterocycles. The molecule has 0 atom stereocenters. The van der Waals surface area contributed by atoms with Crippen LogP contribution in [-0.2, 0) is 0 Å². The zero-order valence-electron chi connectivity index (χ0n) is 7.57. The summed E-state index contributed by atoms with van der Waals surface area (Å²) in [5.41, 5.74) is 5.47. The second-order valence-electron chi connectivity index (χ2n) is 2.51. The van der Waals surface area contributed by atoms with Gasteiger partial charge in [-0.05, 0) is 12.1 Å². The maximum absolute atomic E-state index is 8.66. The van der Waals surface area contributed by atoms with Crippen molar-refractivity contribution >= 4 is 34.6 Å². The molecule has 0 spiro atoms. The number of thiocarbonyl (C=S) groups is 1. The maximum atomic E-state index is 8.66. The van der Waals surface area contributed by atoms with Gasteiger partial charge in [0.05, 0.1) is 5.02 Å². The third-order valence-electron chi connectivity index (χ3n) is 1.50. The Balaban J connectivity index is 2.85. The molecule has 76 valence electrons. The minimum absolute atomic E-state index is 0.0250. The second kappa shape index (κ2) is 5.29. The number of halogens is 1. The third-order valence-corrected chi connectivity index (χ3v) is 2.02. The summed E-state index contributed by atoms with van der Waals surface area (Å²) in [6.45, 7) is 0. The van der Waals surface area contributed by atoms with Gasteiger partial charge in [0.25, 0.3) is 0 Å². The largest absolute Gasteiger partial charge is 0.389 e. The fourth-order valence-electron chi connectivity index (χ4n) is 0.791. The Labute approximate surface area is 97.4 Å². The lowest BCUT2D eigenvalue weighted by atomic mass is 10.3. The third kappa shape index (κ3) is 3.20. The van der Waals surface area contributed by atoms with E-state index in [0.29, 0.717) is 10.8 Å². The predicted octanol–water partition coefficient (Wildman–Crippen LogP) is 1.84. The van der Waals surface area contributed by atoms with Crippen LogP contribution in [0.1, 0.15) is 0 Å². The molecule has 1 heterocycles. The molecule has 0 saturated heterocycles. The molecule has 0 saturated carbocycles. The second-order valence-corrected chi connectivity index (χ2v) is 3.36. The standard InChI is InChI=1S/C9H7ClN4S/c10-7-2-1-3-13-9(7)14-5-6(4-11)8(12)15/h1-3,5H,(H2,12,15)(H,13,14). The molecule has 0 aliphatic heterocycles. The quantitative estimate of drug-likeness (QED) is 0.478. The number of nitrogens with zero attached hydrogens (tertiary/aromatic N) is 2. The minimum Gasteiger partial charge on any atom is -0.389 e. The van der Waals surface area contributed by atoms with Crippen LogP contribution in [-0.4, -0.2) is 9.97 Å². The Morgan fingerprint density at radius 3 is 3.00 bits per heavy atom. The molecule has 0 unspecified atom stereocenters. The van der Waals surface area contributed by atoms with E-state index in [1.807, 2.05) is 6.07 Å². The smallest absolute Gasteiger partial charge is 0.148 e. The normalized spacial score (nSPS) is 10.5.